The molecule has 1 N–H and O–H groups in total. The molecular formula is C24H24N4O5. The smallest absolute Gasteiger partial charge is 0.269 e. The Balaban J connectivity index is 2.12. The topological polar surface area (TPSA) is 115 Å². The summed E-state index contributed by atoms with van der Waals surface area (Å²) < 4.78 is 17.6. The van der Waals surface area contributed by atoms with E-state index in [-0.39, 0.29) is 17.0 Å². The minimum atomic E-state index is -0.606. The van der Waals surface area contributed by atoms with Crippen molar-refractivity contribution < 1.29 is 19.0 Å². The Bertz CT molecular complexity index is 1290. The highest BCUT2D eigenvalue weighted by Gasteiger charge is 2.19. The number of carbonyl (C=O) groups excluding carboxylic acids is 1. The molecular weight excluding hydrogens is 424 g/mol. The first-order chi connectivity index (χ1) is 16.0. The highest BCUT2D eigenvalue weighted by molar-refractivity contribution is 6.01. The van der Waals surface area contributed by atoms with Crippen LogP contribution < -0.4 is 20.3 Å². The lowest BCUT2D eigenvalue weighted by Gasteiger charge is -2.13. The summed E-state index contributed by atoms with van der Waals surface area (Å²) in [7, 11) is 3.06. The molecule has 170 valence electrons. The van der Waals surface area contributed by atoms with E-state index in [0.29, 0.717) is 36.7 Å². The standard InChI is InChI=1S/C24H24N4O5/c1-16-8-6-12-28-21(16)27-23(33-20-10-5-4-9-19(20)32-3)18(24(28)30)14-17(15-25)22(29)26-11-7-13-31-2/h4-6,8-10,12,14H,7,11,13H2,1-3H3,(H,26,29). The number of nitrogens with zero attached hydrogens (tertiary/aromatic N) is 3. The minimum Gasteiger partial charge on any atom is -0.493 e. The zero-order valence-corrected chi connectivity index (χ0v) is 18.6. The third-order valence-electron chi connectivity index (χ3n) is 4.79. The van der Waals surface area contributed by atoms with Gasteiger partial charge in [-0.25, -0.2) is 0 Å². The number of fused-ring (bicyclic) bond motifs is 1. The number of para-hydroxylation sites is 2. The van der Waals surface area contributed by atoms with E-state index in [4.69, 9.17) is 14.2 Å². The largest absolute Gasteiger partial charge is 0.493 e. The van der Waals surface area contributed by atoms with Gasteiger partial charge >= 0.3 is 0 Å². The average molecular weight is 448 g/mol. The average Bonchev–Trinajstić information content (AvgIpc) is 2.82. The third-order valence-corrected chi connectivity index (χ3v) is 4.79. The molecule has 2 aromatic heterocycles. The van der Waals surface area contributed by atoms with E-state index in [1.165, 1.54) is 17.6 Å². The minimum absolute atomic E-state index is 0.0346. The highest BCUT2D eigenvalue weighted by atomic mass is 16.5. The van der Waals surface area contributed by atoms with Crippen LogP contribution in [0, 0.1) is 18.3 Å². The van der Waals surface area contributed by atoms with Gasteiger partial charge < -0.3 is 19.5 Å². The zero-order valence-electron chi connectivity index (χ0n) is 18.6. The van der Waals surface area contributed by atoms with Crippen LogP contribution in [0.15, 0.2) is 53.0 Å². The molecule has 2 heterocycles. The molecule has 3 rings (SSSR count). The number of carbonyl (C=O) groups is 1. The van der Waals surface area contributed by atoms with Crippen molar-refractivity contribution in [2.45, 2.75) is 13.3 Å². The number of pyridine rings is 1. The Morgan fingerprint density at radius 2 is 1.97 bits per heavy atom. The quantitative estimate of drug-likeness (QED) is 0.304. The number of aromatic nitrogens is 2. The first-order valence-corrected chi connectivity index (χ1v) is 10.2. The lowest BCUT2D eigenvalue weighted by molar-refractivity contribution is -0.117. The van der Waals surface area contributed by atoms with Crippen LogP contribution in [0.4, 0.5) is 0 Å². The van der Waals surface area contributed by atoms with Crippen molar-refractivity contribution >= 4 is 17.6 Å². The van der Waals surface area contributed by atoms with Gasteiger partial charge in [-0.15, -0.1) is 0 Å². The maximum absolute atomic E-state index is 13.3. The Labute approximate surface area is 190 Å². The summed E-state index contributed by atoms with van der Waals surface area (Å²) in [5.74, 6) is 0.127. The normalized spacial score (nSPS) is 11.2. The van der Waals surface area contributed by atoms with Crippen molar-refractivity contribution in [3.63, 3.8) is 0 Å². The van der Waals surface area contributed by atoms with Crippen molar-refractivity contribution in [3.05, 3.63) is 69.6 Å². The predicted octanol–water partition coefficient (Wildman–Crippen LogP) is 2.86. The van der Waals surface area contributed by atoms with Crippen molar-refractivity contribution in [2.24, 2.45) is 0 Å². The number of hydrogen-bond acceptors (Lipinski definition) is 7. The van der Waals surface area contributed by atoms with E-state index in [1.54, 1.807) is 43.6 Å². The first-order valence-electron chi connectivity index (χ1n) is 10.2. The molecule has 0 aliphatic rings. The Kier molecular flexibility index (Phi) is 7.78. The van der Waals surface area contributed by atoms with Gasteiger partial charge in [-0.3, -0.25) is 14.0 Å². The number of benzene rings is 1. The van der Waals surface area contributed by atoms with Gasteiger partial charge in [0.05, 0.1) is 7.11 Å². The number of amides is 1. The molecule has 0 radical (unpaired) electrons. The fourth-order valence-corrected chi connectivity index (χ4v) is 3.11. The van der Waals surface area contributed by atoms with Crippen LogP contribution in [-0.2, 0) is 9.53 Å². The van der Waals surface area contributed by atoms with Gasteiger partial charge in [0.1, 0.15) is 22.9 Å². The van der Waals surface area contributed by atoms with Crippen LogP contribution in [0.25, 0.3) is 11.7 Å². The molecule has 0 spiro atoms. The first kappa shape index (κ1) is 23.5. The molecule has 1 aromatic carbocycles. The van der Waals surface area contributed by atoms with E-state index in [1.807, 2.05) is 19.1 Å². The van der Waals surface area contributed by atoms with Crippen LogP contribution in [0.3, 0.4) is 0 Å². The van der Waals surface area contributed by atoms with Crippen LogP contribution in [0.1, 0.15) is 17.5 Å². The number of nitrogens with one attached hydrogen (secondary N) is 1. The molecule has 0 fully saturated rings. The van der Waals surface area contributed by atoms with E-state index in [0.717, 1.165) is 5.56 Å². The van der Waals surface area contributed by atoms with Crippen molar-refractivity contribution in [1.82, 2.24) is 14.7 Å². The van der Waals surface area contributed by atoms with E-state index >= 15 is 0 Å². The molecule has 0 atom stereocenters. The van der Waals surface area contributed by atoms with E-state index in [2.05, 4.69) is 10.3 Å². The molecule has 0 saturated carbocycles. The maximum atomic E-state index is 13.3. The fraction of sp³-hybridized carbons (Fsp3) is 0.250. The lowest BCUT2D eigenvalue weighted by atomic mass is 10.1. The van der Waals surface area contributed by atoms with Gasteiger partial charge in [0.2, 0.25) is 5.88 Å². The molecule has 3 aromatic rings. The van der Waals surface area contributed by atoms with Gasteiger partial charge in [0, 0.05) is 26.5 Å². The summed E-state index contributed by atoms with van der Waals surface area (Å²) >= 11 is 0. The zero-order chi connectivity index (χ0) is 23.8. The second kappa shape index (κ2) is 10.9. The number of methoxy groups -OCH3 is 2. The molecule has 1 amide bonds. The number of aryl methyl sites for hydroxylation is 1. The van der Waals surface area contributed by atoms with Crippen molar-refractivity contribution in [1.29, 1.82) is 5.26 Å². The Hall–Kier alpha value is -4.16. The summed E-state index contributed by atoms with van der Waals surface area (Å²) in [6.07, 6.45) is 3.35. The van der Waals surface area contributed by atoms with E-state index < -0.39 is 11.5 Å². The summed E-state index contributed by atoms with van der Waals surface area (Å²) in [6, 6.07) is 12.3. The van der Waals surface area contributed by atoms with Gasteiger partial charge in [0.15, 0.2) is 11.5 Å². The van der Waals surface area contributed by atoms with Gasteiger partial charge in [0.25, 0.3) is 11.5 Å². The SMILES string of the molecule is COCCCNC(=O)C(C#N)=Cc1c(Oc2ccccc2OC)nc2c(C)cccn2c1=O. The van der Waals surface area contributed by atoms with Gasteiger partial charge in [-0.1, -0.05) is 18.2 Å². The summed E-state index contributed by atoms with van der Waals surface area (Å²) in [4.78, 5) is 30.4. The second-order valence-electron chi connectivity index (χ2n) is 7.05. The number of ether oxygens (including phenoxy) is 3. The molecule has 0 unspecified atom stereocenters. The number of nitriles is 1. The van der Waals surface area contributed by atoms with Crippen LogP contribution in [0.2, 0.25) is 0 Å². The van der Waals surface area contributed by atoms with Crippen molar-refractivity contribution in [2.75, 3.05) is 27.4 Å². The third kappa shape index (κ3) is 5.37. The molecule has 0 bridgehead atoms. The van der Waals surface area contributed by atoms with Crippen LogP contribution in [0.5, 0.6) is 17.4 Å². The monoisotopic (exact) mass is 448 g/mol. The molecule has 9 heteroatoms. The maximum Gasteiger partial charge on any atom is 0.269 e. The summed E-state index contributed by atoms with van der Waals surface area (Å²) in [6.45, 7) is 2.61. The fourth-order valence-electron chi connectivity index (χ4n) is 3.11. The molecule has 0 aliphatic heterocycles. The summed E-state index contributed by atoms with van der Waals surface area (Å²) in [5, 5.41) is 12.2. The van der Waals surface area contributed by atoms with Crippen molar-refractivity contribution in [3.8, 4) is 23.4 Å². The van der Waals surface area contributed by atoms with Gasteiger partial charge in [-0.2, -0.15) is 10.2 Å². The molecule has 33 heavy (non-hydrogen) atoms. The Morgan fingerprint density at radius 3 is 2.67 bits per heavy atom. The van der Waals surface area contributed by atoms with Crippen LogP contribution >= 0.6 is 0 Å². The highest BCUT2D eigenvalue weighted by Crippen LogP contribution is 2.32. The van der Waals surface area contributed by atoms with Crippen LogP contribution in [-0.4, -0.2) is 42.7 Å². The Morgan fingerprint density at radius 1 is 1.21 bits per heavy atom. The van der Waals surface area contributed by atoms with E-state index in [9.17, 15) is 14.9 Å². The second-order valence-corrected chi connectivity index (χ2v) is 7.05. The van der Waals surface area contributed by atoms with Gasteiger partial charge in [-0.05, 0) is 43.2 Å². The molecule has 9 nitrogen and oxygen atoms in total. The molecule has 0 saturated heterocycles. The summed E-state index contributed by atoms with van der Waals surface area (Å²) in [5.41, 5.74) is 0.392. The lowest BCUT2D eigenvalue weighted by Crippen LogP contribution is -2.27. The predicted molar refractivity (Wildman–Crippen MR) is 122 cm³/mol. The number of rotatable bonds is 9. The molecule has 0 aliphatic carbocycles. The number of hydrogen-bond donors (Lipinski definition) is 1.